The van der Waals surface area contributed by atoms with Crippen molar-refractivity contribution in [2.45, 2.75) is 37.4 Å². The van der Waals surface area contributed by atoms with Crippen LogP contribution in [0.25, 0.3) is 0 Å². The number of amides is 1. The highest BCUT2D eigenvalue weighted by molar-refractivity contribution is 7.93. The predicted molar refractivity (Wildman–Crippen MR) is 79.5 cm³/mol. The number of nitrogens with one attached hydrogen (secondary N) is 1. The largest absolute Gasteiger partial charge is 0.351 e. The van der Waals surface area contributed by atoms with Gasteiger partial charge in [0.2, 0.25) is 14.2 Å². The molecule has 1 heterocycles. The van der Waals surface area contributed by atoms with Crippen LogP contribution >= 0.6 is 11.3 Å². The Hall–Kier alpha value is -1.39. The van der Waals surface area contributed by atoms with Crippen molar-refractivity contribution in [3.63, 3.8) is 0 Å². The Balaban J connectivity index is 2.49. The van der Waals surface area contributed by atoms with Gasteiger partial charge < -0.3 is 5.32 Å². The third-order valence-corrected chi connectivity index (χ3v) is 5.62. The molecule has 7 heteroatoms. The lowest BCUT2D eigenvalue weighted by Gasteiger charge is -2.00. The lowest BCUT2D eigenvalue weighted by molar-refractivity contribution is 0.0957. The summed E-state index contributed by atoms with van der Waals surface area (Å²) in [6.45, 7) is 4.05. The van der Waals surface area contributed by atoms with E-state index in [-0.39, 0.29) is 16.0 Å². The second-order valence-electron chi connectivity index (χ2n) is 3.96. The summed E-state index contributed by atoms with van der Waals surface area (Å²) in [6, 6.07) is 0. The van der Waals surface area contributed by atoms with Crippen molar-refractivity contribution in [2.24, 2.45) is 0 Å². The topological polar surface area (TPSA) is 76.1 Å². The third-order valence-electron chi connectivity index (χ3n) is 2.42. The molecule has 0 atom stereocenters. The van der Waals surface area contributed by atoms with Crippen molar-refractivity contribution in [1.29, 1.82) is 0 Å². The van der Waals surface area contributed by atoms with Crippen molar-refractivity contribution in [1.82, 2.24) is 10.3 Å². The Morgan fingerprint density at radius 2 is 2.15 bits per heavy atom. The van der Waals surface area contributed by atoms with Gasteiger partial charge in [-0.1, -0.05) is 25.2 Å². The first-order chi connectivity index (χ1) is 9.51. The van der Waals surface area contributed by atoms with E-state index in [1.807, 2.05) is 6.92 Å². The molecule has 0 unspecified atom stereocenters. The second-order valence-corrected chi connectivity index (χ2v) is 7.44. The van der Waals surface area contributed by atoms with E-state index >= 15 is 0 Å². The van der Waals surface area contributed by atoms with Gasteiger partial charge >= 0.3 is 0 Å². The van der Waals surface area contributed by atoms with E-state index < -0.39 is 9.84 Å². The minimum atomic E-state index is -3.34. The summed E-state index contributed by atoms with van der Waals surface area (Å²) < 4.78 is 23.2. The molecular weight excluding hydrogens is 296 g/mol. The van der Waals surface area contributed by atoms with Crippen LogP contribution in [-0.2, 0) is 9.84 Å². The van der Waals surface area contributed by atoms with Crippen LogP contribution < -0.4 is 5.32 Å². The second kappa shape index (κ2) is 8.02. The molecule has 20 heavy (non-hydrogen) atoms. The van der Waals surface area contributed by atoms with Gasteiger partial charge in [-0.15, -0.1) is 11.8 Å². The molecule has 110 valence electrons. The molecule has 0 aliphatic heterocycles. The number of unbranched alkanes of at least 4 members (excludes halogenated alkanes) is 1. The molecular formula is C13H18N2O3S2. The number of nitrogens with zero attached hydrogens (tertiary/aromatic N) is 1. The molecule has 0 spiro atoms. The minimum absolute atomic E-state index is 0.000961. The number of thiazole rings is 1. The molecule has 0 fully saturated rings. The van der Waals surface area contributed by atoms with Gasteiger partial charge in [0, 0.05) is 19.4 Å². The number of aromatic nitrogens is 1. The minimum Gasteiger partial charge on any atom is -0.351 e. The van der Waals surface area contributed by atoms with Crippen molar-refractivity contribution < 1.29 is 13.2 Å². The van der Waals surface area contributed by atoms with Crippen molar-refractivity contribution in [2.75, 3.05) is 12.3 Å². The van der Waals surface area contributed by atoms with E-state index in [4.69, 9.17) is 0 Å². The maximum absolute atomic E-state index is 11.8. The molecule has 0 aliphatic rings. The van der Waals surface area contributed by atoms with Crippen molar-refractivity contribution in [3.05, 3.63) is 11.1 Å². The molecule has 0 saturated carbocycles. The van der Waals surface area contributed by atoms with Crippen LogP contribution in [0.1, 0.15) is 42.8 Å². The Bertz CT molecular complexity index is 609. The van der Waals surface area contributed by atoms with Crippen LogP contribution in [0.3, 0.4) is 0 Å². The van der Waals surface area contributed by atoms with E-state index in [1.165, 1.54) is 6.20 Å². The van der Waals surface area contributed by atoms with Crippen LogP contribution in [0.15, 0.2) is 10.5 Å². The highest BCUT2D eigenvalue weighted by Gasteiger charge is 2.18. The van der Waals surface area contributed by atoms with E-state index in [9.17, 15) is 13.2 Å². The summed E-state index contributed by atoms with van der Waals surface area (Å²) in [4.78, 5) is 15.9. The smallest absolute Gasteiger partial charge is 0.263 e. The van der Waals surface area contributed by atoms with Crippen LogP contribution in [0.4, 0.5) is 0 Å². The lowest BCUT2D eigenvalue weighted by Crippen LogP contribution is -2.23. The molecule has 1 aromatic heterocycles. The molecule has 1 N–H and O–H groups in total. The monoisotopic (exact) mass is 314 g/mol. The molecule has 0 bridgehead atoms. The number of hydrogen-bond donors (Lipinski definition) is 1. The Morgan fingerprint density at radius 1 is 1.40 bits per heavy atom. The zero-order valence-electron chi connectivity index (χ0n) is 11.6. The predicted octanol–water partition coefficient (Wildman–Crippen LogP) is 1.86. The van der Waals surface area contributed by atoms with Crippen LogP contribution in [0, 0.1) is 11.8 Å². The average molecular weight is 314 g/mol. The summed E-state index contributed by atoms with van der Waals surface area (Å²) in [7, 11) is -3.34. The SMILES string of the molecule is CCC#CCCCNC(=O)c1cnc(S(=O)(=O)CC)s1. The third kappa shape index (κ3) is 4.94. The van der Waals surface area contributed by atoms with Gasteiger partial charge in [-0.25, -0.2) is 13.4 Å². The molecule has 0 saturated heterocycles. The number of hydrogen-bond acceptors (Lipinski definition) is 5. The summed E-state index contributed by atoms with van der Waals surface area (Å²) in [6.07, 6.45) is 3.66. The molecule has 1 amide bonds. The summed E-state index contributed by atoms with van der Waals surface area (Å²) in [5, 5.41) is 2.73. The first kappa shape index (κ1) is 16.7. The van der Waals surface area contributed by atoms with Crippen LogP contribution in [0.2, 0.25) is 0 Å². The van der Waals surface area contributed by atoms with Crippen LogP contribution in [0.5, 0.6) is 0 Å². The van der Waals surface area contributed by atoms with Gasteiger partial charge in [0.1, 0.15) is 4.88 Å². The first-order valence-corrected chi connectivity index (χ1v) is 8.90. The normalized spacial score (nSPS) is 10.7. The molecule has 1 aromatic rings. The summed E-state index contributed by atoms with van der Waals surface area (Å²) in [5.74, 6) is 5.64. The van der Waals surface area contributed by atoms with Gasteiger partial charge in [0.25, 0.3) is 5.91 Å². The van der Waals surface area contributed by atoms with Gasteiger partial charge in [0.05, 0.1) is 11.9 Å². The van der Waals surface area contributed by atoms with E-state index in [1.54, 1.807) is 6.92 Å². The van der Waals surface area contributed by atoms with E-state index in [2.05, 4.69) is 22.1 Å². The average Bonchev–Trinajstić information content (AvgIpc) is 2.93. The van der Waals surface area contributed by atoms with E-state index in [0.29, 0.717) is 11.4 Å². The van der Waals surface area contributed by atoms with Crippen molar-refractivity contribution in [3.8, 4) is 11.8 Å². The Kier molecular flexibility index (Phi) is 6.68. The molecule has 1 rings (SSSR count). The molecule has 0 radical (unpaired) electrons. The molecule has 0 aliphatic carbocycles. The molecule has 5 nitrogen and oxygen atoms in total. The Labute approximate surface area is 123 Å². The van der Waals surface area contributed by atoms with Gasteiger partial charge in [0.15, 0.2) is 0 Å². The maximum Gasteiger partial charge on any atom is 0.263 e. The number of carbonyl (C=O) groups excluding carboxylic acids is 1. The number of rotatable bonds is 6. The molecule has 0 aromatic carbocycles. The van der Waals surface area contributed by atoms with Crippen LogP contribution in [-0.4, -0.2) is 31.6 Å². The number of carbonyl (C=O) groups is 1. The maximum atomic E-state index is 11.8. The quantitative estimate of drug-likeness (QED) is 0.642. The fraction of sp³-hybridized carbons (Fsp3) is 0.538. The fourth-order valence-electron chi connectivity index (χ4n) is 1.31. The Morgan fingerprint density at radius 3 is 2.80 bits per heavy atom. The van der Waals surface area contributed by atoms with Gasteiger partial charge in [-0.05, 0) is 6.42 Å². The van der Waals surface area contributed by atoms with Gasteiger partial charge in [-0.3, -0.25) is 4.79 Å². The summed E-state index contributed by atoms with van der Waals surface area (Å²) in [5.41, 5.74) is 0. The number of sulfone groups is 1. The zero-order chi connectivity index (χ0) is 15.0. The first-order valence-electron chi connectivity index (χ1n) is 6.43. The summed E-state index contributed by atoms with van der Waals surface area (Å²) >= 11 is 0.905. The zero-order valence-corrected chi connectivity index (χ0v) is 13.2. The van der Waals surface area contributed by atoms with Gasteiger partial charge in [-0.2, -0.15) is 0 Å². The van der Waals surface area contributed by atoms with Crippen molar-refractivity contribution >= 4 is 27.1 Å². The lowest BCUT2D eigenvalue weighted by atomic mass is 10.3. The highest BCUT2D eigenvalue weighted by atomic mass is 32.2. The highest BCUT2D eigenvalue weighted by Crippen LogP contribution is 2.19. The standard InChI is InChI=1S/C13H18N2O3S2/c1-3-5-6-7-8-9-14-12(16)11-10-15-13(19-11)20(17,18)4-2/h10H,3-4,7-9H2,1-2H3,(H,14,16). The fourth-order valence-corrected chi connectivity index (χ4v) is 3.46. The van der Waals surface area contributed by atoms with E-state index in [0.717, 1.165) is 30.6 Å².